The van der Waals surface area contributed by atoms with E-state index in [0.29, 0.717) is 13.0 Å². The van der Waals surface area contributed by atoms with E-state index in [2.05, 4.69) is 6.07 Å². The highest BCUT2D eigenvalue weighted by Crippen LogP contribution is 2.27. The molecule has 1 atom stereocenters. The minimum Gasteiger partial charge on any atom is -0.493 e. The van der Waals surface area contributed by atoms with Crippen molar-refractivity contribution in [3.8, 4) is 5.75 Å². The molecule has 0 aromatic heterocycles. The van der Waals surface area contributed by atoms with Gasteiger partial charge in [0.1, 0.15) is 5.75 Å². The minimum atomic E-state index is -0.810. The van der Waals surface area contributed by atoms with E-state index in [4.69, 9.17) is 4.74 Å². The third-order valence-corrected chi connectivity index (χ3v) is 4.30. The first-order valence-corrected chi connectivity index (χ1v) is 7.89. The maximum atomic E-state index is 11.6. The molecule has 0 radical (unpaired) electrons. The van der Waals surface area contributed by atoms with Crippen LogP contribution in [0.5, 0.6) is 5.75 Å². The first-order chi connectivity index (χ1) is 10.9. The van der Waals surface area contributed by atoms with Gasteiger partial charge in [0.2, 0.25) is 0 Å². The molecule has 2 rings (SSSR count). The third-order valence-electron chi connectivity index (χ3n) is 4.30. The van der Waals surface area contributed by atoms with Crippen molar-refractivity contribution in [1.82, 2.24) is 0 Å². The standard InChI is InChI=1S/C20H24O3/c1-13-5-9-17(10-6-13)18(20(21)22)11-12-23-19-15(3)8-7-14(2)16(19)4/h5-10,18H,11-12H2,1-4H3,(H,21,22). The van der Waals surface area contributed by atoms with Crippen LogP contribution in [0.3, 0.4) is 0 Å². The third kappa shape index (κ3) is 4.13. The summed E-state index contributed by atoms with van der Waals surface area (Å²) in [5.41, 5.74) is 5.32. The summed E-state index contributed by atoms with van der Waals surface area (Å²) >= 11 is 0. The largest absolute Gasteiger partial charge is 0.493 e. The maximum absolute atomic E-state index is 11.6. The minimum absolute atomic E-state index is 0.385. The average molecular weight is 312 g/mol. The Morgan fingerprint density at radius 2 is 1.61 bits per heavy atom. The van der Waals surface area contributed by atoms with Crippen LogP contribution >= 0.6 is 0 Å². The Morgan fingerprint density at radius 3 is 2.22 bits per heavy atom. The van der Waals surface area contributed by atoms with Crippen LogP contribution in [0.4, 0.5) is 0 Å². The van der Waals surface area contributed by atoms with Crippen LogP contribution in [0.2, 0.25) is 0 Å². The first kappa shape index (κ1) is 17.1. The summed E-state index contributed by atoms with van der Waals surface area (Å²) in [6.07, 6.45) is 0.450. The summed E-state index contributed by atoms with van der Waals surface area (Å²) in [5, 5.41) is 9.49. The number of hydrogen-bond acceptors (Lipinski definition) is 2. The molecule has 0 saturated heterocycles. The molecule has 0 fully saturated rings. The fourth-order valence-electron chi connectivity index (χ4n) is 2.66. The van der Waals surface area contributed by atoms with Crippen molar-refractivity contribution in [2.45, 2.75) is 40.0 Å². The molecule has 23 heavy (non-hydrogen) atoms. The van der Waals surface area contributed by atoms with Gasteiger partial charge in [-0.2, -0.15) is 0 Å². The van der Waals surface area contributed by atoms with Gasteiger partial charge >= 0.3 is 5.97 Å². The van der Waals surface area contributed by atoms with Crippen molar-refractivity contribution in [2.75, 3.05) is 6.61 Å². The summed E-state index contributed by atoms with van der Waals surface area (Å²) in [4.78, 5) is 11.6. The fraction of sp³-hybridized carbons (Fsp3) is 0.350. The Labute approximate surface area is 137 Å². The molecular formula is C20H24O3. The van der Waals surface area contributed by atoms with Crippen LogP contribution in [-0.2, 0) is 4.79 Å². The highest BCUT2D eigenvalue weighted by atomic mass is 16.5. The van der Waals surface area contributed by atoms with Crippen molar-refractivity contribution in [1.29, 1.82) is 0 Å². The van der Waals surface area contributed by atoms with Crippen LogP contribution < -0.4 is 4.74 Å². The summed E-state index contributed by atoms with van der Waals surface area (Å²) in [6, 6.07) is 11.8. The van der Waals surface area contributed by atoms with Crippen molar-refractivity contribution in [3.05, 3.63) is 64.2 Å². The molecule has 0 amide bonds. The van der Waals surface area contributed by atoms with E-state index in [0.717, 1.165) is 28.0 Å². The second-order valence-corrected chi connectivity index (χ2v) is 6.09. The molecule has 0 heterocycles. The van der Waals surface area contributed by atoms with Crippen molar-refractivity contribution in [2.24, 2.45) is 0 Å². The predicted molar refractivity (Wildman–Crippen MR) is 92.3 cm³/mol. The van der Waals surface area contributed by atoms with Gasteiger partial charge in [-0.05, 0) is 56.4 Å². The van der Waals surface area contributed by atoms with E-state index in [1.54, 1.807) is 0 Å². The number of aryl methyl sites for hydroxylation is 3. The van der Waals surface area contributed by atoms with Crippen molar-refractivity contribution >= 4 is 5.97 Å². The predicted octanol–water partition coefficient (Wildman–Crippen LogP) is 4.56. The lowest BCUT2D eigenvalue weighted by molar-refractivity contribution is -0.139. The number of hydrogen-bond donors (Lipinski definition) is 1. The molecule has 0 aliphatic rings. The van der Waals surface area contributed by atoms with Gasteiger partial charge in [0.25, 0.3) is 0 Å². The van der Waals surface area contributed by atoms with Gasteiger partial charge in [-0.25, -0.2) is 0 Å². The molecule has 0 aliphatic heterocycles. The smallest absolute Gasteiger partial charge is 0.311 e. The molecule has 3 heteroatoms. The number of carbonyl (C=O) groups is 1. The summed E-state index contributed by atoms with van der Waals surface area (Å²) in [5.74, 6) is -0.478. The number of carboxylic acid groups (broad SMARTS) is 1. The van der Waals surface area contributed by atoms with Gasteiger partial charge in [0.05, 0.1) is 12.5 Å². The van der Waals surface area contributed by atoms with E-state index >= 15 is 0 Å². The molecule has 0 bridgehead atoms. The van der Waals surface area contributed by atoms with E-state index in [1.807, 2.05) is 58.0 Å². The SMILES string of the molecule is Cc1ccc(C(CCOc2c(C)ccc(C)c2C)C(=O)O)cc1. The molecule has 122 valence electrons. The van der Waals surface area contributed by atoms with Gasteiger partial charge in [0.15, 0.2) is 0 Å². The van der Waals surface area contributed by atoms with Crippen molar-refractivity contribution < 1.29 is 14.6 Å². The second kappa shape index (κ2) is 7.32. The Kier molecular flexibility index (Phi) is 5.43. The zero-order chi connectivity index (χ0) is 17.0. The van der Waals surface area contributed by atoms with Crippen LogP contribution in [-0.4, -0.2) is 17.7 Å². The van der Waals surface area contributed by atoms with E-state index < -0.39 is 11.9 Å². The van der Waals surface area contributed by atoms with Crippen LogP contribution in [0.15, 0.2) is 36.4 Å². The monoisotopic (exact) mass is 312 g/mol. The molecule has 2 aromatic carbocycles. The zero-order valence-corrected chi connectivity index (χ0v) is 14.2. The van der Waals surface area contributed by atoms with Gasteiger partial charge < -0.3 is 9.84 Å². The fourth-order valence-corrected chi connectivity index (χ4v) is 2.66. The highest BCUT2D eigenvalue weighted by Gasteiger charge is 2.20. The Balaban J connectivity index is 2.07. The van der Waals surface area contributed by atoms with Gasteiger partial charge in [0, 0.05) is 0 Å². The van der Waals surface area contributed by atoms with E-state index in [-0.39, 0.29) is 0 Å². The van der Waals surface area contributed by atoms with Crippen LogP contribution in [0.1, 0.15) is 40.2 Å². The zero-order valence-electron chi connectivity index (χ0n) is 14.2. The average Bonchev–Trinajstić information content (AvgIpc) is 2.51. The lowest BCUT2D eigenvalue weighted by Crippen LogP contribution is -2.15. The Bertz CT molecular complexity index is 687. The maximum Gasteiger partial charge on any atom is 0.311 e. The summed E-state index contributed by atoms with van der Waals surface area (Å²) < 4.78 is 5.91. The van der Waals surface area contributed by atoms with Crippen molar-refractivity contribution in [3.63, 3.8) is 0 Å². The number of ether oxygens (including phenoxy) is 1. The second-order valence-electron chi connectivity index (χ2n) is 6.09. The number of carboxylic acids is 1. The molecule has 0 aliphatic carbocycles. The Morgan fingerprint density at radius 1 is 1.00 bits per heavy atom. The van der Waals surface area contributed by atoms with E-state index in [1.165, 1.54) is 5.56 Å². The number of benzene rings is 2. The lowest BCUT2D eigenvalue weighted by Gasteiger charge is -2.17. The Hall–Kier alpha value is -2.29. The molecule has 2 aromatic rings. The highest BCUT2D eigenvalue weighted by molar-refractivity contribution is 5.76. The molecule has 1 N–H and O–H groups in total. The molecular weight excluding hydrogens is 288 g/mol. The lowest BCUT2D eigenvalue weighted by atomic mass is 9.95. The van der Waals surface area contributed by atoms with E-state index in [9.17, 15) is 9.90 Å². The number of aliphatic carboxylic acids is 1. The molecule has 3 nitrogen and oxygen atoms in total. The quantitative estimate of drug-likeness (QED) is 0.850. The summed E-state index contributed by atoms with van der Waals surface area (Å²) in [6.45, 7) is 8.47. The first-order valence-electron chi connectivity index (χ1n) is 7.89. The van der Waals surface area contributed by atoms with Gasteiger partial charge in [-0.1, -0.05) is 42.0 Å². The van der Waals surface area contributed by atoms with Crippen LogP contribution in [0, 0.1) is 27.7 Å². The van der Waals surface area contributed by atoms with Gasteiger partial charge in [-0.3, -0.25) is 4.79 Å². The molecule has 0 spiro atoms. The van der Waals surface area contributed by atoms with Gasteiger partial charge in [-0.15, -0.1) is 0 Å². The summed E-state index contributed by atoms with van der Waals surface area (Å²) in [7, 11) is 0. The normalized spacial score (nSPS) is 12.0. The molecule has 1 unspecified atom stereocenters. The molecule has 0 saturated carbocycles. The number of rotatable bonds is 6. The topological polar surface area (TPSA) is 46.5 Å². The van der Waals surface area contributed by atoms with Crippen LogP contribution in [0.25, 0.3) is 0 Å².